The number of hydrogen-bond donors (Lipinski definition) is 0. The van der Waals surface area contributed by atoms with Gasteiger partial charge in [-0.05, 0) is 58.7 Å². The molecule has 10 nitrogen and oxygen atoms in total. The van der Waals surface area contributed by atoms with E-state index in [2.05, 4.69) is 78.0 Å². The Balaban J connectivity index is 1.09. The molecule has 0 aromatic carbocycles. The first-order valence-corrected chi connectivity index (χ1v) is 15.5. The van der Waals surface area contributed by atoms with E-state index in [1.54, 1.807) is 0 Å². The highest BCUT2D eigenvalue weighted by molar-refractivity contribution is 5.79. The zero-order chi connectivity index (χ0) is 29.2. The molecule has 0 unspecified atom stereocenters. The Kier molecular flexibility index (Phi) is 8.81. The summed E-state index contributed by atoms with van der Waals surface area (Å²) in [6.07, 6.45) is 7.98. The topological polar surface area (TPSA) is 76.8 Å². The van der Waals surface area contributed by atoms with Crippen molar-refractivity contribution in [3.63, 3.8) is 0 Å². The van der Waals surface area contributed by atoms with Gasteiger partial charge in [-0.15, -0.1) is 0 Å². The molecule has 3 aliphatic rings. The van der Waals surface area contributed by atoms with Gasteiger partial charge >= 0.3 is 0 Å². The van der Waals surface area contributed by atoms with Gasteiger partial charge in [0.1, 0.15) is 19.1 Å². The number of fused-ring (bicyclic) bond motifs is 1. The van der Waals surface area contributed by atoms with Crippen LogP contribution < -0.4 is 4.90 Å². The molecule has 0 atom stereocenters. The molecule has 0 bridgehead atoms. The van der Waals surface area contributed by atoms with Crippen molar-refractivity contribution < 1.29 is 18.9 Å². The Morgan fingerprint density at radius 1 is 1.00 bits per heavy atom. The molecular formula is C32H46N6O4. The van der Waals surface area contributed by atoms with Gasteiger partial charge in [0.05, 0.1) is 35.7 Å². The molecule has 0 spiro atoms. The minimum absolute atomic E-state index is 0.185. The van der Waals surface area contributed by atoms with Gasteiger partial charge in [0.2, 0.25) is 0 Å². The Morgan fingerprint density at radius 3 is 2.43 bits per heavy atom. The first kappa shape index (κ1) is 29.5. The van der Waals surface area contributed by atoms with E-state index in [9.17, 15) is 0 Å². The lowest BCUT2D eigenvalue weighted by Crippen LogP contribution is -2.50. The number of likely N-dealkylation sites (tertiary alicyclic amines) is 1. The summed E-state index contributed by atoms with van der Waals surface area (Å²) in [7, 11) is 0. The van der Waals surface area contributed by atoms with Crippen molar-refractivity contribution in [3.05, 3.63) is 48.4 Å². The number of anilines is 1. The van der Waals surface area contributed by atoms with Crippen molar-refractivity contribution in [2.24, 2.45) is 0 Å². The highest BCUT2D eigenvalue weighted by atomic mass is 16.7. The highest BCUT2D eigenvalue weighted by Crippen LogP contribution is 2.38. The molecule has 0 radical (unpaired) electrons. The summed E-state index contributed by atoms with van der Waals surface area (Å²) in [5.74, 6) is 0. The maximum Gasteiger partial charge on any atom is 0.149 e. The number of ether oxygens (including phenoxy) is 4. The maximum atomic E-state index is 6.41. The Morgan fingerprint density at radius 2 is 1.79 bits per heavy atom. The van der Waals surface area contributed by atoms with Crippen LogP contribution in [-0.4, -0.2) is 109 Å². The molecule has 3 aromatic heterocycles. The molecule has 10 heteroatoms. The summed E-state index contributed by atoms with van der Waals surface area (Å²) in [6.45, 7) is 17.4. The van der Waals surface area contributed by atoms with Gasteiger partial charge in [-0.3, -0.25) is 9.88 Å². The smallest absolute Gasteiger partial charge is 0.149 e. The second-order valence-electron chi connectivity index (χ2n) is 12.4. The van der Waals surface area contributed by atoms with Gasteiger partial charge in [-0.1, -0.05) is 6.07 Å². The van der Waals surface area contributed by atoms with E-state index in [1.807, 2.05) is 16.9 Å². The third-order valence-corrected chi connectivity index (χ3v) is 9.12. The normalized spacial score (nSPS) is 21.2. The summed E-state index contributed by atoms with van der Waals surface area (Å²) in [5, 5.41) is 4.61. The van der Waals surface area contributed by atoms with Crippen molar-refractivity contribution in [1.29, 1.82) is 0 Å². The predicted octanol–water partition coefficient (Wildman–Crippen LogP) is 3.99. The molecule has 0 saturated carbocycles. The molecule has 228 valence electrons. The van der Waals surface area contributed by atoms with Crippen LogP contribution in [0.25, 0.3) is 16.8 Å². The zero-order valence-electron chi connectivity index (χ0n) is 25.6. The van der Waals surface area contributed by atoms with Gasteiger partial charge in [-0.2, -0.15) is 5.10 Å². The highest BCUT2D eigenvalue weighted by Gasteiger charge is 2.38. The SMILES string of the molecule is CCOC1(c2ccc(-c3cc4c(N5CCN(COCOC6(C)COC6)CC5)ccnn4c3)nc2)CCN(C(C)C)CC1. The lowest BCUT2D eigenvalue weighted by molar-refractivity contribution is -0.242. The molecule has 3 fully saturated rings. The summed E-state index contributed by atoms with van der Waals surface area (Å²) in [6, 6.07) is 9.24. The Bertz CT molecular complexity index is 1310. The minimum atomic E-state index is -0.254. The van der Waals surface area contributed by atoms with Crippen molar-refractivity contribution in [2.75, 3.05) is 77.5 Å². The largest absolute Gasteiger partial charge is 0.375 e. The number of pyridine rings is 1. The van der Waals surface area contributed by atoms with Crippen molar-refractivity contribution in [1.82, 2.24) is 24.4 Å². The molecule has 6 heterocycles. The molecule has 0 aliphatic carbocycles. The van der Waals surface area contributed by atoms with Crippen LogP contribution in [0.15, 0.2) is 42.9 Å². The Labute approximate surface area is 249 Å². The maximum absolute atomic E-state index is 6.41. The fraction of sp³-hybridized carbons (Fsp3) is 0.625. The van der Waals surface area contributed by atoms with E-state index in [1.165, 1.54) is 11.3 Å². The van der Waals surface area contributed by atoms with Crippen molar-refractivity contribution in [2.45, 2.75) is 57.8 Å². The monoisotopic (exact) mass is 578 g/mol. The van der Waals surface area contributed by atoms with Crippen LogP contribution in [0.1, 0.15) is 46.1 Å². The third-order valence-electron chi connectivity index (χ3n) is 9.12. The average molecular weight is 579 g/mol. The average Bonchev–Trinajstić information content (AvgIpc) is 3.44. The third kappa shape index (κ3) is 6.20. The van der Waals surface area contributed by atoms with E-state index < -0.39 is 0 Å². The van der Waals surface area contributed by atoms with Crippen LogP contribution >= 0.6 is 0 Å². The Hall–Kier alpha value is -2.60. The molecule has 0 amide bonds. The van der Waals surface area contributed by atoms with E-state index in [0.717, 1.165) is 68.9 Å². The molecule has 6 rings (SSSR count). The summed E-state index contributed by atoms with van der Waals surface area (Å²) < 4.78 is 25.2. The molecule has 42 heavy (non-hydrogen) atoms. The van der Waals surface area contributed by atoms with Crippen LogP contribution in [0.2, 0.25) is 0 Å². The number of rotatable bonds is 11. The van der Waals surface area contributed by atoms with E-state index in [0.29, 0.717) is 39.4 Å². The molecule has 3 aliphatic heterocycles. The lowest BCUT2D eigenvalue weighted by atomic mass is 9.84. The molecule has 0 N–H and O–H groups in total. The van der Waals surface area contributed by atoms with Gasteiger partial charge < -0.3 is 28.7 Å². The van der Waals surface area contributed by atoms with Gasteiger partial charge in [0, 0.05) is 81.6 Å². The number of piperazine rings is 1. The predicted molar refractivity (Wildman–Crippen MR) is 163 cm³/mol. The van der Waals surface area contributed by atoms with E-state index in [4.69, 9.17) is 23.9 Å². The number of nitrogens with zero attached hydrogens (tertiary/aromatic N) is 6. The van der Waals surface area contributed by atoms with Crippen LogP contribution in [0.3, 0.4) is 0 Å². The molecule has 3 aromatic rings. The van der Waals surface area contributed by atoms with Gasteiger partial charge in [-0.25, -0.2) is 4.52 Å². The van der Waals surface area contributed by atoms with Crippen molar-refractivity contribution in [3.8, 4) is 11.3 Å². The van der Waals surface area contributed by atoms with Crippen LogP contribution in [0.5, 0.6) is 0 Å². The zero-order valence-corrected chi connectivity index (χ0v) is 25.6. The van der Waals surface area contributed by atoms with Gasteiger partial charge in [0.25, 0.3) is 0 Å². The summed E-state index contributed by atoms with van der Waals surface area (Å²) in [4.78, 5) is 12.2. The quantitative estimate of drug-likeness (QED) is 0.248. The minimum Gasteiger partial charge on any atom is -0.375 e. The number of hydrogen-bond acceptors (Lipinski definition) is 9. The number of aromatic nitrogens is 3. The standard InChI is InChI=1S/C32H46N6O4/c1-5-41-32(9-12-36(13-10-32)25(2)3)27-6-7-28(33-19-27)26-18-30-29(8-11-34-38(30)20-26)37-16-14-35(15-17-37)23-40-24-42-31(4)21-39-22-31/h6-8,11,18-20,25H,5,9-10,12-17,21-24H2,1-4H3. The first-order valence-electron chi connectivity index (χ1n) is 15.5. The first-order chi connectivity index (χ1) is 20.4. The van der Waals surface area contributed by atoms with Crippen LogP contribution in [0, 0.1) is 0 Å². The van der Waals surface area contributed by atoms with E-state index in [-0.39, 0.29) is 11.2 Å². The molecule has 3 saturated heterocycles. The summed E-state index contributed by atoms with van der Waals surface area (Å²) in [5.41, 5.74) is 5.05. The van der Waals surface area contributed by atoms with E-state index >= 15 is 0 Å². The molecular weight excluding hydrogens is 532 g/mol. The summed E-state index contributed by atoms with van der Waals surface area (Å²) >= 11 is 0. The van der Waals surface area contributed by atoms with Crippen LogP contribution in [0.4, 0.5) is 5.69 Å². The van der Waals surface area contributed by atoms with Crippen LogP contribution in [-0.2, 0) is 24.5 Å². The lowest BCUT2D eigenvalue weighted by Gasteiger charge is -2.43. The van der Waals surface area contributed by atoms with Crippen molar-refractivity contribution >= 4 is 11.2 Å². The van der Waals surface area contributed by atoms with Gasteiger partial charge in [0.15, 0.2) is 0 Å². The fourth-order valence-electron chi connectivity index (χ4n) is 6.38. The fourth-order valence-corrected chi connectivity index (χ4v) is 6.38. The number of piperidine rings is 1. The second kappa shape index (κ2) is 12.6. The second-order valence-corrected chi connectivity index (χ2v) is 12.4.